The van der Waals surface area contributed by atoms with Gasteiger partial charge in [0, 0.05) is 0 Å². The van der Waals surface area contributed by atoms with E-state index in [-0.39, 0.29) is 0 Å². The Balaban J connectivity index is 3.53. The molecule has 158 valence electrons. The first-order chi connectivity index (χ1) is 12.3. The van der Waals surface area contributed by atoms with Crippen LogP contribution in [0.15, 0.2) is 0 Å². The summed E-state index contributed by atoms with van der Waals surface area (Å²) in [7, 11) is 0. The van der Waals surface area contributed by atoms with Crippen molar-refractivity contribution < 1.29 is 0 Å². The Bertz CT molecular complexity index is 280. The molecule has 0 aromatic rings. The van der Waals surface area contributed by atoms with E-state index in [0.29, 0.717) is 0 Å². The van der Waals surface area contributed by atoms with E-state index in [1.54, 1.807) is 0 Å². The van der Waals surface area contributed by atoms with Gasteiger partial charge in [0.1, 0.15) is 0 Å². The van der Waals surface area contributed by atoms with E-state index in [0.717, 1.165) is 29.6 Å². The Morgan fingerprint density at radius 2 is 0.654 bits per heavy atom. The van der Waals surface area contributed by atoms with Gasteiger partial charge in [0.25, 0.3) is 0 Å². The highest BCUT2D eigenvalue weighted by atomic mass is 14.1. The van der Waals surface area contributed by atoms with E-state index >= 15 is 0 Å². The zero-order valence-corrected chi connectivity index (χ0v) is 19.8. The van der Waals surface area contributed by atoms with Gasteiger partial charge in [-0.1, -0.05) is 138 Å². The lowest BCUT2D eigenvalue weighted by atomic mass is 9.89. The Labute approximate surface area is 168 Å². The highest BCUT2D eigenvalue weighted by molar-refractivity contribution is 4.62. The zero-order chi connectivity index (χ0) is 19.8. The van der Waals surface area contributed by atoms with E-state index in [2.05, 4.69) is 48.5 Å². The van der Waals surface area contributed by atoms with Gasteiger partial charge in [0.15, 0.2) is 0 Å². The van der Waals surface area contributed by atoms with Crippen LogP contribution < -0.4 is 0 Å². The van der Waals surface area contributed by atoms with Crippen molar-refractivity contribution in [3.8, 4) is 0 Å². The van der Waals surface area contributed by atoms with Crippen molar-refractivity contribution in [2.24, 2.45) is 29.6 Å². The van der Waals surface area contributed by atoms with E-state index in [1.165, 1.54) is 89.9 Å². The van der Waals surface area contributed by atoms with Crippen molar-refractivity contribution in [3.63, 3.8) is 0 Å². The van der Waals surface area contributed by atoms with Crippen LogP contribution in [0.2, 0.25) is 0 Å². The van der Waals surface area contributed by atoms with Crippen molar-refractivity contribution in [1.29, 1.82) is 0 Å². The highest BCUT2D eigenvalue weighted by Crippen LogP contribution is 2.24. The Morgan fingerprint density at radius 3 is 0.923 bits per heavy atom. The maximum atomic E-state index is 2.49. The van der Waals surface area contributed by atoms with Crippen LogP contribution in [0.25, 0.3) is 0 Å². The normalized spacial score (nSPS) is 16.6. The summed E-state index contributed by atoms with van der Waals surface area (Å²) in [6.45, 7) is 16.9. The summed E-state index contributed by atoms with van der Waals surface area (Å²) < 4.78 is 0. The smallest absolute Gasteiger partial charge is 0.0443 e. The van der Waals surface area contributed by atoms with Crippen LogP contribution in [0.5, 0.6) is 0 Å². The van der Waals surface area contributed by atoms with Crippen molar-refractivity contribution in [1.82, 2.24) is 0 Å². The maximum absolute atomic E-state index is 2.49. The third-order valence-corrected chi connectivity index (χ3v) is 6.44. The monoisotopic (exact) mass is 366 g/mol. The van der Waals surface area contributed by atoms with Gasteiger partial charge >= 0.3 is 0 Å². The van der Waals surface area contributed by atoms with Gasteiger partial charge < -0.3 is 0 Å². The predicted molar refractivity (Wildman–Crippen MR) is 122 cm³/mol. The third-order valence-electron chi connectivity index (χ3n) is 6.44. The summed E-state index contributed by atoms with van der Waals surface area (Å²) >= 11 is 0. The Hall–Kier alpha value is 0. The molecule has 0 heterocycles. The fraction of sp³-hybridized carbons (Fsp3) is 1.00. The van der Waals surface area contributed by atoms with Crippen LogP contribution in [-0.4, -0.2) is 0 Å². The second-order valence-corrected chi connectivity index (χ2v) is 10.3. The molecule has 0 nitrogen and oxygen atoms in total. The minimum atomic E-state index is 0.879. The molecule has 26 heavy (non-hydrogen) atoms. The summed E-state index contributed by atoms with van der Waals surface area (Å²) in [6.07, 6.45) is 20.1. The fourth-order valence-electron chi connectivity index (χ4n) is 4.39. The van der Waals surface area contributed by atoms with Crippen molar-refractivity contribution >= 4 is 0 Å². The van der Waals surface area contributed by atoms with Crippen LogP contribution in [0.3, 0.4) is 0 Å². The third kappa shape index (κ3) is 17.4. The molecule has 0 heteroatoms. The lowest BCUT2D eigenvalue weighted by Gasteiger charge is -2.17. The Kier molecular flexibility index (Phi) is 17.1. The minimum absolute atomic E-state index is 0.879. The molecular weight excluding hydrogens is 312 g/mol. The molecule has 0 amide bonds. The second kappa shape index (κ2) is 17.1. The van der Waals surface area contributed by atoms with Gasteiger partial charge in [-0.25, -0.2) is 0 Å². The molecule has 0 radical (unpaired) electrons. The molecule has 0 spiro atoms. The first-order valence-electron chi connectivity index (χ1n) is 12.3. The lowest BCUT2D eigenvalue weighted by molar-refractivity contribution is 0.365. The summed E-state index contributed by atoms with van der Waals surface area (Å²) in [5.41, 5.74) is 0. The summed E-state index contributed by atoms with van der Waals surface area (Å²) in [6, 6.07) is 0. The SMILES string of the molecule is CCC[C@H](C)CCC[C@H](C)CCC[C@H](C)CCC[C@H](C)CCCC(C)C. The molecule has 0 fully saturated rings. The van der Waals surface area contributed by atoms with Crippen LogP contribution >= 0.6 is 0 Å². The van der Waals surface area contributed by atoms with Crippen LogP contribution in [-0.2, 0) is 0 Å². The van der Waals surface area contributed by atoms with Gasteiger partial charge in [-0.3, -0.25) is 0 Å². The summed E-state index contributed by atoms with van der Waals surface area (Å²) in [5, 5.41) is 0. The van der Waals surface area contributed by atoms with Gasteiger partial charge in [-0.15, -0.1) is 0 Å². The van der Waals surface area contributed by atoms with Gasteiger partial charge in [-0.2, -0.15) is 0 Å². The van der Waals surface area contributed by atoms with Gasteiger partial charge in [-0.05, 0) is 29.6 Å². The Morgan fingerprint density at radius 1 is 0.385 bits per heavy atom. The molecule has 0 rings (SSSR count). The molecule has 0 aliphatic carbocycles. The molecule has 0 bridgehead atoms. The molecule has 0 aromatic carbocycles. The van der Waals surface area contributed by atoms with E-state index in [9.17, 15) is 0 Å². The lowest BCUT2D eigenvalue weighted by Crippen LogP contribution is -2.02. The van der Waals surface area contributed by atoms with Crippen LogP contribution in [0.4, 0.5) is 0 Å². The molecule has 0 aromatic heterocycles. The van der Waals surface area contributed by atoms with Crippen molar-refractivity contribution in [3.05, 3.63) is 0 Å². The molecular formula is C26H54. The molecule has 0 unspecified atom stereocenters. The summed E-state index contributed by atoms with van der Waals surface area (Å²) in [4.78, 5) is 0. The zero-order valence-electron chi connectivity index (χ0n) is 19.8. The highest BCUT2D eigenvalue weighted by Gasteiger charge is 2.09. The fourth-order valence-corrected chi connectivity index (χ4v) is 4.39. The average Bonchev–Trinajstić information content (AvgIpc) is 2.54. The molecule has 0 aliphatic heterocycles. The van der Waals surface area contributed by atoms with E-state index in [1.807, 2.05) is 0 Å². The quantitative estimate of drug-likeness (QED) is 0.226. The number of hydrogen-bond donors (Lipinski definition) is 0. The van der Waals surface area contributed by atoms with Crippen LogP contribution in [0, 0.1) is 29.6 Å². The largest absolute Gasteiger partial charge is 0.0654 e. The van der Waals surface area contributed by atoms with Gasteiger partial charge in [0.2, 0.25) is 0 Å². The van der Waals surface area contributed by atoms with E-state index < -0.39 is 0 Å². The first kappa shape index (κ1) is 26.0. The molecule has 0 N–H and O–H groups in total. The van der Waals surface area contributed by atoms with Crippen molar-refractivity contribution in [2.75, 3.05) is 0 Å². The molecule has 0 saturated carbocycles. The average molecular weight is 367 g/mol. The predicted octanol–water partition coefficient (Wildman–Crippen LogP) is 9.67. The minimum Gasteiger partial charge on any atom is -0.0654 e. The number of rotatable bonds is 18. The standard InChI is InChI=1S/C26H54/c1-8-13-23(4)16-10-17-25(6)20-12-21-26(7)19-11-18-24(5)15-9-14-22(2)3/h22-26H,8-21H2,1-7H3/t23-,24+,25-,26+/m0/s1. The summed E-state index contributed by atoms with van der Waals surface area (Å²) in [5.74, 6) is 4.65. The topological polar surface area (TPSA) is 0 Å². The number of hydrogen-bond acceptors (Lipinski definition) is 0. The van der Waals surface area contributed by atoms with E-state index in [4.69, 9.17) is 0 Å². The maximum Gasteiger partial charge on any atom is -0.0443 e. The van der Waals surface area contributed by atoms with Gasteiger partial charge in [0.05, 0.1) is 0 Å². The molecule has 0 saturated heterocycles. The molecule has 0 aliphatic rings. The second-order valence-electron chi connectivity index (χ2n) is 10.3. The molecule has 4 atom stereocenters. The van der Waals surface area contributed by atoms with Crippen molar-refractivity contribution in [2.45, 2.75) is 138 Å². The van der Waals surface area contributed by atoms with Crippen LogP contribution in [0.1, 0.15) is 138 Å². The first-order valence-corrected chi connectivity index (χ1v) is 12.3.